The predicted octanol–water partition coefficient (Wildman–Crippen LogP) is 0.736. The largest absolute Gasteiger partial charge is 0.377 e. The molecule has 0 N–H and O–H groups in total. The van der Waals surface area contributed by atoms with Crippen LogP contribution in [0.5, 0.6) is 0 Å². The van der Waals surface area contributed by atoms with Crippen molar-refractivity contribution in [3.63, 3.8) is 0 Å². The second-order valence-corrected chi connectivity index (χ2v) is 8.44. The topological polar surface area (TPSA) is 94.2 Å². The number of carbonyl (C=O) groups excluding carboxylic acids is 1. The van der Waals surface area contributed by atoms with Crippen molar-refractivity contribution in [3.8, 4) is 0 Å². The quantitative estimate of drug-likeness (QED) is 0.576. The lowest BCUT2D eigenvalue weighted by atomic mass is 10.1. The van der Waals surface area contributed by atoms with E-state index in [1.165, 1.54) is 0 Å². The summed E-state index contributed by atoms with van der Waals surface area (Å²) < 4.78 is 46.6. The predicted molar refractivity (Wildman–Crippen MR) is 120 cm³/mol. The van der Waals surface area contributed by atoms with Gasteiger partial charge in [-0.1, -0.05) is 18.2 Å². The third-order valence-electron chi connectivity index (χ3n) is 5.65. The first-order valence-corrected chi connectivity index (χ1v) is 11.9. The molecule has 1 aromatic carbocycles. The molecule has 1 amide bonds. The third-order valence-corrected chi connectivity index (χ3v) is 5.65. The maximum Gasteiger partial charge on any atom is 0.254 e. The summed E-state index contributed by atoms with van der Waals surface area (Å²) in [5.74, 6) is -1.15. The molecule has 10 nitrogen and oxygen atoms in total. The van der Waals surface area contributed by atoms with E-state index in [4.69, 9.17) is 37.9 Å². The van der Waals surface area contributed by atoms with Crippen LogP contribution in [0.4, 0.5) is 0 Å². The molecule has 0 saturated carbocycles. The molecule has 1 aromatic rings. The van der Waals surface area contributed by atoms with Gasteiger partial charge in [0.1, 0.15) is 18.8 Å². The van der Waals surface area contributed by atoms with E-state index in [1.54, 1.807) is 4.90 Å². The highest BCUT2D eigenvalue weighted by Gasteiger charge is 2.47. The third kappa shape index (κ3) is 7.69. The molecule has 10 heteroatoms. The van der Waals surface area contributed by atoms with Gasteiger partial charge in [0.15, 0.2) is 0 Å². The Labute approximate surface area is 200 Å². The molecule has 3 unspecified atom stereocenters. The molecule has 1 spiro atoms. The van der Waals surface area contributed by atoms with Crippen LogP contribution in [0.25, 0.3) is 0 Å². The minimum Gasteiger partial charge on any atom is -0.377 e. The lowest BCUT2D eigenvalue weighted by molar-refractivity contribution is -0.355. The van der Waals surface area contributed by atoms with Crippen molar-refractivity contribution in [2.75, 3.05) is 92.4 Å². The number of hydrogen-bond donors (Lipinski definition) is 0. The van der Waals surface area contributed by atoms with E-state index >= 15 is 0 Å². The zero-order chi connectivity index (χ0) is 23.5. The van der Waals surface area contributed by atoms with Crippen LogP contribution in [0.2, 0.25) is 0 Å². The molecular weight excluding hydrogens is 446 g/mol. The summed E-state index contributed by atoms with van der Waals surface area (Å²) in [5.41, 5.74) is 0.618. The van der Waals surface area contributed by atoms with Gasteiger partial charge in [0.05, 0.1) is 79.2 Å². The van der Waals surface area contributed by atoms with Crippen molar-refractivity contribution in [2.24, 2.45) is 0 Å². The normalized spacial score (nSPS) is 30.9. The van der Waals surface area contributed by atoms with Gasteiger partial charge in [0.2, 0.25) is 5.79 Å². The number of morpholine rings is 1. The van der Waals surface area contributed by atoms with Crippen LogP contribution in [-0.4, -0.2) is 121 Å². The minimum absolute atomic E-state index is 0.0785. The molecule has 3 aliphatic heterocycles. The van der Waals surface area contributed by atoms with Gasteiger partial charge in [-0.25, -0.2) is 0 Å². The van der Waals surface area contributed by atoms with E-state index in [0.717, 1.165) is 0 Å². The summed E-state index contributed by atoms with van der Waals surface area (Å²) >= 11 is 0. The van der Waals surface area contributed by atoms with Crippen LogP contribution in [0.3, 0.4) is 0 Å². The van der Waals surface area contributed by atoms with E-state index in [-0.39, 0.29) is 31.3 Å². The second-order valence-electron chi connectivity index (χ2n) is 8.44. The Morgan fingerprint density at radius 1 is 0.706 bits per heavy atom. The second kappa shape index (κ2) is 13.5. The molecule has 3 aliphatic rings. The number of amides is 1. The van der Waals surface area contributed by atoms with E-state index in [2.05, 4.69) is 0 Å². The molecular formula is C24H35NO9. The highest BCUT2D eigenvalue weighted by Crippen LogP contribution is 2.30. The molecule has 3 fully saturated rings. The van der Waals surface area contributed by atoms with E-state index in [0.29, 0.717) is 84.8 Å². The fourth-order valence-electron chi connectivity index (χ4n) is 4.14. The van der Waals surface area contributed by atoms with Crippen molar-refractivity contribution in [3.05, 3.63) is 35.9 Å². The van der Waals surface area contributed by atoms with Gasteiger partial charge in [-0.15, -0.1) is 0 Å². The highest BCUT2D eigenvalue weighted by atomic mass is 16.8. The fourth-order valence-corrected chi connectivity index (χ4v) is 4.14. The zero-order valence-corrected chi connectivity index (χ0v) is 19.6. The molecule has 0 aromatic heterocycles. The van der Waals surface area contributed by atoms with Gasteiger partial charge in [-0.2, -0.15) is 0 Å². The molecule has 3 heterocycles. The number of benzene rings is 1. The number of rotatable bonds is 1. The smallest absolute Gasteiger partial charge is 0.254 e. The Morgan fingerprint density at radius 2 is 1.24 bits per heavy atom. The van der Waals surface area contributed by atoms with Crippen molar-refractivity contribution in [1.82, 2.24) is 4.90 Å². The van der Waals surface area contributed by atoms with Gasteiger partial charge in [-0.3, -0.25) is 4.79 Å². The van der Waals surface area contributed by atoms with E-state index < -0.39 is 5.79 Å². The lowest BCUT2D eigenvalue weighted by Gasteiger charge is -2.48. The SMILES string of the molecule is O=C(c1ccccc1)N1CC2COCCOCCOCCOCCOCC3COCC(C1)(O3)O2. The van der Waals surface area contributed by atoms with E-state index in [1.807, 2.05) is 30.3 Å². The highest BCUT2D eigenvalue weighted by molar-refractivity contribution is 5.94. The zero-order valence-electron chi connectivity index (χ0n) is 19.6. The molecule has 0 radical (unpaired) electrons. The van der Waals surface area contributed by atoms with Gasteiger partial charge < -0.3 is 42.8 Å². The Hall–Kier alpha value is -1.63. The maximum atomic E-state index is 13.2. The van der Waals surface area contributed by atoms with Crippen molar-refractivity contribution < 1.29 is 42.7 Å². The summed E-state index contributed by atoms with van der Waals surface area (Å²) in [6, 6.07) is 9.21. The van der Waals surface area contributed by atoms with Crippen LogP contribution in [-0.2, 0) is 37.9 Å². The van der Waals surface area contributed by atoms with Crippen LogP contribution < -0.4 is 0 Å². The van der Waals surface area contributed by atoms with Crippen LogP contribution >= 0.6 is 0 Å². The van der Waals surface area contributed by atoms with Crippen molar-refractivity contribution in [2.45, 2.75) is 18.0 Å². The standard InChI is InChI=1S/C24H35NO9/c26-23(20-4-2-1-3-5-20)25-14-21-15-30-12-10-28-8-6-27-7-9-29-11-13-31-16-22-17-32-19-24(18-25,33-21)34-22/h1-5,21-22H,6-19H2. The van der Waals surface area contributed by atoms with Crippen molar-refractivity contribution >= 4 is 5.91 Å². The Kier molecular flexibility index (Phi) is 10.1. The first-order chi connectivity index (χ1) is 16.7. The lowest BCUT2D eigenvalue weighted by Crippen LogP contribution is -2.64. The molecule has 4 rings (SSSR count). The summed E-state index contributed by atoms with van der Waals surface area (Å²) in [5, 5.41) is 0. The molecule has 3 atom stereocenters. The molecule has 3 bridgehead atoms. The van der Waals surface area contributed by atoms with Gasteiger partial charge >= 0.3 is 0 Å². The molecule has 34 heavy (non-hydrogen) atoms. The fraction of sp³-hybridized carbons (Fsp3) is 0.708. The minimum atomic E-state index is -1.08. The molecule has 3 saturated heterocycles. The maximum absolute atomic E-state index is 13.2. The Morgan fingerprint density at radius 3 is 1.88 bits per heavy atom. The number of nitrogens with zero attached hydrogens (tertiary/aromatic N) is 1. The average molecular weight is 482 g/mol. The van der Waals surface area contributed by atoms with Crippen molar-refractivity contribution in [1.29, 1.82) is 0 Å². The Bertz CT molecular complexity index is 732. The first-order valence-electron chi connectivity index (χ1n) is 11.9. The van der Waals surface area contributed by atoms with Gasteiger partial charge in [0.25, 0.3) is 5.91 Å². The molecule has 190 valence electrons. The summed E-state index contributed by atoms with van der Waals surface area (Å²) in [6.45, 7) is 5.70. The number of ether oxygens (including phenoxy) is 8. The summed E-state index contributed by atoms with van der Waals surface area (Å²) in [6.07, 6.45) is -0.684. The number of carbonyl (C=O) groups is 1. The summed E-state index contributed by atoms with van der Waals surface area (Å²) in [4.78, 5) is 15.0. The summed E-state index contributed by atoms with van der Waals surface area (Å²) in [7, 11) is 0. The average Bonchev–Trinajstić information content (AvgIpc) is 2.86. The monoisotopic (exact) mass is 481 g/mol. The molecule has 0 aliphatic carbocycles. The van der Waals surface area contributed by atoms with Crippen LogP contribution in [0.1, 0.15) is 10.4 Å². The van der Waals surface area contributed by atoms with Gasteiger partial charge in [-0.05, 0) is 12.1 Å². The first kappa shape index (κ1) is 25.5. The number of hydrogen-bond acceptors (Lipinski definition) is 9. The van der Waals surface area contributed by atoms with E-state index in [9.17, 15) is 4.79 Å². The Balaban J connectivity index is 1.42. The van der Waals surface area contributed by atoms with Gasteiger partial charge in [0, 0.05) is 12.1 Å². The van der Waals surface area contributed by atoms with Crippen LogP contribution in [0.15, 0.2) is 30.3 Å². The number of fused-ring (bicyclic) bond motifs is 2. The van der Waals surface area contributed by atoms with Crippen LogP contribution in [0, 0.1) is 0 Å².